The van der Waals surface area contributed by atoms with Crippen LogP contribution < -0.4 is 5.73 Å². The quantitative estimate of drug-likeness (QED) is 0.894. The van der Waals surface area contributed by atoms with Gasteiger partial charge in [-0.1, -0.05) is 57.2 Å². The van der Waals surface area contributed by atoms with E-state index >= 15 is 0 Å². The minimum atomic E-state index is -0.546. The molecule has 0 aliphatic carbocycles. The molecule has 2 atom stereocenters. The van der Waals surface area contributed by atoms with E-state index in [1.54, 1.807) is 19.2 Å². The highest BCUT2D eigenvalue weighted by Crippen LogP contribution is 2.39. The molecular formula is C21H24FN3O. The van der Waals surface area contributed by atoms with Gasteiger partial charge in [0, 0.05) is 7.05 Å². The van der Waals surface area contributed by atoms with Gasteiger partial charge in [-0.05, 0) is 34.2 Å². The number of aliphatic imine (C=N–C) groups is 1. The number of carbonyl (C=O) groups excluding carboxylic acids is 1. The van der Waals surface area contributed by atoms with Gasteiger partial charge in [-0.15, -0.1) is 0 Å². The van der Waals surface area contributed by atoms with Crippen LogP contribution in [0.3, 0.4) is 0 Å². The standard InChI is InChI=1S/C21H24FN3O/c1-21(2,3)15-10-8-13(9-11-15)17-18(14-6-5-7-16(22)12-14)24-20(23)25(4)19(17)26/h5-12,17-18H,1-4H3,(H2,23,24). The first-order chi connectivity index (χ1) is 12.2. The van der Waals surface area contributed by atoms with Gasteiger partial charge in [-0.25, -0.2) is 9.38 Å². The maximum absolute atomic E-state index is 13.7. The maximum Gasteiger partial charge on any atom is 0.239 e. The summed E-state index contributed by atoms with van der Waals surface area (Å²) in [5.41, 5.74) is 8.61. The molecule has 1 heterocycles. The van der Waals surface area contributed by atoms with Crippen LogP contribution in [0.25, 0.3) is 0 Å². The fraction of sp³-hybridized carbons (Fsp3) is 0.333. The second-order valence-electron chi connectivity index (χ2n) is 7.73. The molecule has 5 heteroatoms. The first kappa shape index (κ1) is 18.1. The molecule has 3 rings (SSSR count). The molecule has 0 spiro atoms. The van der Waals surface area contributed by atoms with Crippen molar-refractivity contribution in [3.05, 3.63) is 71.0 Å². The average Bonchev–Trinajstić information content (AvgIpc) is 2.59. The number of halogens is 1. The lowest BCUT2D eigenvalue weighted by molar-refractivity contribution is -0.129. The SMILES string of the molecule is CN1C(=O)C(c2ccc(C(C)(C)C)cc2)C(c2cccc(F)c2)N=C1N. The van der Waals surface area contributed by atoms with E-state index in [2.05, 4.69) is 25.8 Å². The van der Waals surface area contributed by atoms with Crippen molar-refractivity contribution in [1.82, 2.24) is 4.90 Å². The lowest BCUT2D eigenvalue weighted by Crippen LogP contribution is -2.46. The van der Waals surface area contributed by atoms with Crippen LogP contribution >= 0.6 is 0 Å². The Labute approximate surface area is 153 Å². The number of benzene rings is 2. The molecule has 0 radical (unpaired) electrons. The van der Waals surface area contributed by atoms with Gasteiger partial charge in [-0.2, -0.15) is 0 Å². The molecule has 0 aromatic heterocycles. The summed E-state index contributed by atoms with van der Waals surface area (Å²) in [6.07, 6.45) is 0. The van der Waals surface area contributed by atoms with Gasteiger partial charge in [0.05, 0.1) is 12.0 Å². The van der Waals surface area contributed by atoms with Crippen LogP contribution in [0.2, 0.25) is 0 Å². The van der Waals surface area contributed by atoms with Crippen LogP contribution in [-0.4, -0.2) is 23.8 Å². The topological polar surface area (TPSA) is 58.7 Å². The van der Waals surface area contributed by atoms with Gasteiger partial charge < -0.3 is 5.73 Å². The molecule has 0 saturated heterocycles. The van der Waals surface area contributed by atoms with Gasteiger partial charge in [0.1, 0.15) is 5.82 Å². The minimum Gasteiger partial charge on any atom is -0.369 e. The third-order valence-corrected chi connectivity index (χ3v) is 4.85. The van der Waals surface area contributed by atoms with Crippen molar-refractivity contribution in [2.24, 2.45) is 10.7 Å². The Morgan fingerprint density at radius 1 is 1.08 bits per heavy atom. The number of hydrogen-bond acceptors (Lipinski definition) is 3. The summed E-state index contributed by atoms with van der Waals surface area (Å²) in [7, 11) is 1.61. The summed E-state index contributed by atoms with van der Waals surface area (Å²) in [5.74, 6) is -0.894. The molecule has 1 amide bonds. The fourth-order valence-electron chi connectivity index (χ4n) is 3.23. The highest BCUT2D eigenvalue weighted by Gasteiger charge is 2.38. The molecule has 2 N–H and O–H groups in total. The van der Waals surface area contributed by atoms with E-state index in [1.165, 1.54) is 22.6 Å². The summed E-state index contributed by atoms with van der Waals surface area (Å²) < 4.78 is 13.7. The molecule has 26 heavy (non-hydrogen) atoms. The van der Waals surface area contributed by atoms with Crippen LogP contribution in [0, 0.1) is 5.82 Å². The van der Waals surface area contributed by atoms with Crippen LogP contribution in [0.1, 0.15) is 49.4 Å². The average molecular weight is 353 g/mol. The summed E-state index contributed by atoms with van der Waals surface area (Å²) in [6.45, 7) is 6.42. The largest absolute Gasteiger partial charge is 0.369 e. The third-order valence-electron chi connectivity index (χ3n) is 4.85. The van der Waals surface area contributed by atoms with Gasteiger partial charge in [0.25, 0.3) is 0 Å². The van der Waals surface area contributed by atoms with Gasteiger partial charge in [0.2, 0.25) is 5.91 Å². The predicted molar refractivity (Wildman–Crippen MR) is 101 cm³/mol. The Hall–Kier alpha value is -2.69. The van der Waals surface area contributed by atoms with Gasteiger partial charge in [-0.3, -0.25) is 9.69 Å². The van der Waals surface area contributed by atoms with Crippen molar-refractivity contribution in [3.63, 3.8) is 0 Å². The number of guanidine groups is 1. The van der Waals surface area contributed by atoms with E-state index in [9.17, 15) is 9.18 Å². The highest BCUT2D eigenvalue weighted by molar-refractivity contribution is 6.01. The zero-order valence-electron chi connectivity index (χ0n) is 15.5. The van der Waals surface area contributed by atoms with Crippen molar-refractivity contribution < 1.29 is 9.18 Å². The lowest BCUT2D eigenvalue weighted by Gasteiger charge is -2.33. The number of amides is 1. The fourth-order valence-corrected chi connectivity index (χ4v) is 3.23. The van der Waals surface area contributed by atoms with Crippen LogP contribution in [-0.2, 0) is 10.2 Å². The Balaban J connectivity index is 2.08. The second kappa shape index (κ2) is 6.56. The van der Waals surface area contributed by atoms with E-state index in [4.69, 9.17) is 5.73 Å². The van der Waals surface area contributed by atoms with Gasteiger partial charge >= 0.3 is 0 Å². The van der Waals surface area contributed by atoms with E-state index in [1.807, 2.05) is 24.3 Å². The Morgan fingerprint density at radius 2 is 1.73 bits per heavy atom. The Morgan fingerprint density at radius 3 is 2.31 bits per heavy atom. The number of nitrogens with zero attached hydrogens (tertiary/aromatic N) is 2. The molecule has 2 unspecified atom stereocenters. The summed E-state index contributed by atoms with van der Waals surface area (Å²) >= 11 is 0. The first-order valence-corrected chi connectivity index (χ1v) is 8.65. The molecule has 2 aromatic rings. The molecule has 4 nitrogen and oxygen atoms in total. The van der Waals surface area contributed by atoms with Crippen molar-refractivity contribution >= 4 is 11.9 Å². The van der Waals surface area contributed by atoms with E-state index < -0.39 is 12.0 Å². The molecule has 2 aromatic carbocycles. The van der Waals surface area contributed by atoms with Crippen molar-refractivity contribution in [2.75, 3.05) is 7.05 Å². The number of likely N-dealkylation sites (N-methyl/N-ethyl adjacent to an activating group) is 1. The molecule has 0 fully saturated rings. The molecule has 1 aliphatic rings. The number of nitrogens with two attached hydrogens (primary N) is 1. The number of rotatable bonds is 2. The molecule has 0 saturated carbocycles. The monoisotopic (exact) mass is 353 g/mol. The highest BCUT2D eigenvalue weighted by atomic mass is 19.1. The summed E-state index contributed by atoms with van der Waals surface area (Å²) in [5, 5.41) is 0. The zero-order chi connectivity index (χ0) is 19.1. The molecule has 136 valence electrons. The van der Waals surface area contributed by atoms with Crippen LogP contribution in [0.4, 0.5) is 4.39 Å². The smallest absolute Gasteiger partial charge is 0.239 e. The lowest BCUT2D eigenvalue weighted by atomic mass is 9.82. The normalized spacial score (nSPS) is 20.9. The number of carbonyl (C=O) groups is 1. The van der Waals surface area contributed by atoms with Crippen LogP contribution in [0.15, 0.2) is 53.5 Å². The predicted octanol–water partition coefficient (Wildman–Crippen LogP) is 3.73. The molecular weight excluding hydrogens is 329 g/mol. The van der Waals surface area contributed by atoms with Crippen molar-refractivity contribution in [1.29, 1.82) is 0 Å². The number of hydrogen-bond donors (Lipinski definition) is 1. The maximum atomic E-state index is 13.7. The minimum absolute atomic E-state index is 0.0242. The van der Waals surface area contributed by atoms with Gasteiger partial charge in [0.15, 0.2) is 5.96 Å². The van der Waals surface area contributed by atoms with Crippen LogP contribution in [0.5, 0.6) is 0 Å². The van der Waals surface area contributed by atoms with E-state index in [0.29, 0.717) is 5.56 Å². The zero-order valence-corrected chi connectivity index (χ0v) is 15.5. The first-order valence-electron chi connectivity index (χ1n) is 8.65. The van der Waals surface area contributed by atoms with E-state index in [-0.39, 0.29) is 23.1 Å². The Bertz CT molecular complexity index is 852. The second-order valence-corrected chi connectivity index (χ2v) is 7.73. The summed E-state index contributed by atoms with van der Waals surface area (Å²) in [4.78, 5) is 18.8. The van der Waals surface area contributed by atoms with E-state index in [0.717, 1.165) is 5.56 Å². The Kier molecular flexibility index (Phi) is 4.57. The van der Waals surface area contributed by atoms with Crippen molar-refractivity contribution in [2.45, 2.75) is 38.1 Å². The summed E-state index contributed by atoms with van der Waals surface area (Å²) in [6, 6.07) is 13.6. The van der Waals surface area contributed by atoms with Crippen molar-refractivity contribution in [3.8, 4) is 0 Å². The third kappa shape index (κ3) is 3.34. The molecule has 1 aliphatic heterocycles. The molecule has 0 bridgehead atoms.